The summed E-state index contributed by atoms with van der Waals surface area (Å²) < 4.78 is 6.41. The third kappa shape index (κ3) is 2.60. The standard InChI is InChI=1S/C12H15N3O4/c1-13-8(11(16)17)6-14-7-3-4-10-9(5-7)15(2)12(18)19-10/h3-5,8,13-14H,6H2,1-2H3,(H,16,17). The summed E-state index contributed by atoms with van der Waals surface area (Å²) in [7, 11) is 3.20. The Balaban J connectivity index is 2.20. The summed E-state index contributed by atoms with van der Waals surface area (Å²) in [6.07, 6.45) is 0. The summed E-state index contributed by atoms with van der Waals surface area (Å²) in [5, 5.41) is 14.6. The van der Waals surface area contributed by atoms with E-state index < -0.39 is 17.8 Å². The minimum atomic E-state index is -0.924. The first-order valence-electron chi connectivity index (χ1n) is 5.76. The van der Waals surface area contributed by atoms with Crippen molar-refractivity contribution in [3.05, 3.63) is 28.7 Å². The van der Waals surface area contributed by atoms with E-state index in [2.05, 4.69) is 10.6 Å². The van der Waals surface area contributed by atoms with Crippen molar-refractivity contribution >= 4 is 22.8 Å². The van der Waals surface area contributed by atoms with Crippen molar-refractivity contribution in [3.8, 4) is 0 Å². The maximum absolute atomic E-state index is 11.3. The molecule has 0 aliphatic heterocycles. The number of aryl methyl sites for hydroxylation is 1. The molecule has 1 atom stereocenters. The largest absolute Gasteiger partial charge is 0.480 e. The molecule has 7 nitrogen and oxygen atoms in total. The van der Waals surface area contributed by atoms with Gasteiger partial charge in [0.1, 0.15) is 6.04 Å². The molecule has 0 radical (unpaired) electrons. The fourth-order valence-electron chi connectivity index (χ4n) is 1.77. The fraction of sp³-hybridized carbons (Fsp3) is 0.333. The van der Waals surface area contributed by atoms with E-state index in [0.29, 0.717) is 11.1 Å². The van der Waals surface area contributed by atoms with Crippen LogP contribution in [-0.2, 0) is 11.8 Å². The number of aromatic nitrogens is 1. The van der Waals surface area contributed by atoms with Gasteiger partial charge in [0, 0.05) is 19.3 Å². The van der Waals surface area contributed by atoms with Crippen LogP contribution in [0.2, 0.25) is 0 Å². The van der Waals surface area contributed by atoms with Crippen LogP contribution in [0.25, 0.3) is 11.1 Å². The summed E-state index contributed by atoms with van der Waals surface area (Å²) in [6.45, 7) is 0.239. The molecular formula is C12H15N3O4. The number of nitrogens with zero attached hydrogens (tertiary/aromatic N) is 1. The number of carbonyl (C=O) groups is 1. The van der Waals surface area contributed by atoms with Crippen LogP contribution in [0.4, 0.5) is 5.69 Å². The molecule has 0 saturated heterocycles. The number of hydrogen-bond donors (Lipinski definition) is 3. The fourth-order valence-corrected chi connectivity index (χ4v) is 1.77. The Hall–Kier alpha value is -2.28. The minimum absolute atomic E-state index is 0.239. The maximum atomic E-state index is 11.3. The van der Waals surface area contributed by atoms with Crippen LogP contribution < -0.4 is 16.4 Å². The van der Waals surface area contributed by atoms with Crippen molar-refractivity contribution in [1.29, 1.82) is 0 Å². The van der Waals surface area contributed by atoms with Crippen molar-refractivity contribution < 1.29 is 14.3 Å². The van der Waals surface area contributed by atoms with Gasteiger partial charge in [0.25, 0.3) is 0 Å². The molecular weight excluding hydrogens is 250 g/mol. The van der Waals surface area contributed by atoms with Crippen molar-refractivity contribution in [2.75, 3.05) is 18.9 Å². The van der Waals surface area contributed by atoms with E-state index >= 15 is 0 Å². The molecule has 0 spiro atoms. The Kier molecular flexibility index (Phi) is 3.57. The molecule has 0 saturated carbocycles. The Morgan fingerprint density at radius 2 is 2.26 bits per heavy atom. The number of oxazole rings is 1. The topological polar surface area (TPSA) is 96.5 Å². The zero-order valence-electron chi connectivity index (χ0n) is 10.6. The number of benzene rings is 1. The highest BCUT2D eigenvalue weighted by atomic mass is 16.4. The number of likely N-dealkylation sites (N-methyl/N-ethyl adjacent to an activating group) is 1. The molecule has 0 fully saturated rings. The van der Waals surface area contributed by atoms with Crippen LogP contribution in [-0.4, -0.2) is 35.3 Å². The molecule has 1 heterocycles. The van der Waals surface area contributed by atoms with Gasteiger partial charge >= 0.3 is 11.7 Å². The molecule has 19 heavy (non-hydrogen) atoms. The van der Waals surface area contributed by atoms with Gasteiger partial charge in [-0.15, -0.1) is 0 Å². The minimum Gasteiger partial charge on any atom is -0.480 e. The molecule has 1 aromatic carbocycles. The average molecular weight is 265 g/mol. The summed E-state index contributed by atoms with van der Waals surface area (Å²) in [5.74, 6) is -1.35. The third-order valence-electron chi connectivity index (χ3n) is 2.95. The Morgan fingerprint density at radius 3 is 2.89 bits per heavy atom. The predicted octanol–water partition coefficient (Wildman–Crippen LogP) is 0.216. The van der Waals surface area contributed by atoms with Crippen molar-refractivity contribution in [2.24, 2.45) is 7.05 Å². The van der Waals surface area contributed by atoms with Crippen LogP contribution in [0.3, 0.4) is 0 Å². The highest BCUT2D eigenvalue weighted by Crippen LogP contribution is 2.17. The quantitative estimate of drug-likeness (QED) is 0.715. The number of anilines is 1. The summed E-state index contributed by atoms with van der Waals surface area (Å²) in [4.78, 5) is 22.2. The second-order valence-electron chi connectivity index (χ2n) is 4.17. The SMILES string of the molecule is CNC(CNc1ccc2oc(=O)n(C)c2c1)C(=O)O. The number of carboxylic acid groups (broad SMARTS) is 1. The average Bonchev–Trinajstić information content (AvgIpc) is 2.66. The third-order valence-corrected chi connectivity index (χ3v) is 2.95. The van der Waals surface area contributed by atoms with Crippen molar-refractivity contribution in [3.63, 3.8) is 0 Å². The lowest BCUT2D eigenvalue weighted by atomic mass is 10.2. The summed E-state index contributed by atoms with van der Waals surface area (Å²) in [5.41, 5.74) is 1.89. The number of nitrogens with one attached hydrogen (secondary N) is 2. The van der Waals surface area contributed by atoms with Gasteiger partial charge in [0.15, 0.2) is 5.58 Å². The number of rotatable bonds is 5. The van der Waals surface area contributed by atoms with Crippen LogP contribution in [0, 0.1) is 0 Å². The van der Waals surface area contributed by atoms with Gasteiger partial charge in [-0.1, -0.05) is 0 Å². The van der Waals surface area contributed by atoms with Crippen LogP contribution in [0.15, 0.2) is 27.4 Å². The Bertz CT molecular complexity index is 659. The van der Waals surface area contributed by atoms with E-state index in [4.69, 9.17) is 9.52 Å². The zero-order chi connectivity index (χ0) is 14.0. The number of carboxylic acids is 1. The molecule has 3 N–H and O–H groups in total. The monoisotopic (exact) mass is 265 g/mol. The predicted molar refractivity (Wildman–Crippen MR) is 70.4 cm³/mol. The second-order valence-corrected chi connectivity index (χ2v) is 4.17. The Labute approximate surface area is 108 Å². The highest BCUT2D eigenvalue weighted by molar-refractivity contribution is 5.78. The van der Waals surface area contributed by atoms with Gasteiger partial charge < -0.3 is 20.2 Å². The van der Waals surface area contributed by atoms with Crippen LogP contribution in [0.1, 0.15) is 0 Å². The molecule has 0 bridgehead atoms. The smallest absolute Gasteiger partial charge is 0.419 e. The van der Waals surface area contributed by atoms with Gasteiger partial charge in [0.2, 0.25) is 0 Å². The zero-order valence-corrected chi connectivity index (χ0v) is 10.6. The molecule has 2 rings (SSSR count). The normalized spacial score (nSPS) is 12.5. The molecule has 0 aliphatic carbocycles. The van der Waals surface area contributed by atoms with Gasteiger partial charge in [-0.25, -0.2) is 4.79 Å². The molecule has 0 aliphatic rings. The van der Waals surface area contributed by atoms with Crippen molar-refractivity contribution in [1.82, 2.24) is 9.88 Å². The lowest BCUT2D eigenvalue weighted by Gasteiger charge is -2.13. The first-order chi connectivity index (χ1) is 9.02. The maximum Gasteiger partial charge on any atom is 0.419 e. The van der Waals surface area contributed by atoms with Crippen molar-refractivity contribution in [2.45, 2.75) is 6.04 Å². The van der Waals surface area contributed by atoms with E-state index in [-0.39, 0.29) is 6.54 Å². The van der Waals surface area contributed by atoms with Crippen LogP contribution >= 0.6 is 0 Å². The lowest BCUT2D eigenvalue weighted by Crippen LogP contribution is -2.39. The molecule has 0 amide bonds. The van der Waals surface area contributed by atoms with E-state index in [0.717, 1.165) is 5.69 Å². The van der Waals surface area contributed by atoms with Gasteiger partial charge in [-0.05, 0) is 25.2 Å². The van der Waals surface area contributed by atoms with Gasteiger partial charge in [-0.3, -0.25) is 9.36 Å². The van der Waals surface area contributed by atoms with Gasteiger partial charge in [0.05, 0.1) is 5.52 Å². The van der Waals surface area contributed by atoms with E-state index in [9.17, 15) is 9.59 Å². The first-order valence-corrected chi connectivity index (χ1v) is 5.76. The van der Waals surface area contributed by atoms with E-state index in [1.807, 2.05) is 0 Å². The highest BCUT2D eigenvalue weighted by Gasteiger charge is 2.14. The number of aliphatic carboxylic acids is 1. The van der Waals surface area contributed by atoms with Gasteiger partial charge in [-0.2, -0.15) is 0 Å². The number of fused-ring (bicyclic) bond motifs is 1. The summed E-state index contributed by atoms with van der Waals surface area (Å²) in [6, 6.07) is 4.48. The first kappa shape index (κ1) is 13.2. The molecule has 102 valence electrons. The summed E-state index contributed by atoms with van der Waals surface area (Å²) >= 11 is 0. The molecule has 7 heteroatoms. The molecule has 1 aromatic heterocycles. The lowest BCUT2D eigenvalue weighted by molar-refractivity contribution is -0.138. The number of hydrogen-bond acceptors (Lipinski definition) is 5. The Morgan fingerprint density at radius 1 is 1.53 bits per heavy atom. The van der Waals surface area contributed by atoms with E-state index in [1.165, 1.54) is 4.57 Å². The molecule has 2 aromatic rings. The second kappa shape index (κ2) is 5.15. The molecule has 1 unspecified atom stereocenters. The van der Waals surface area contributed by atoms with E-state index in [1.54, 1.807) is 32.3 Å². The van der Waals surface area contributed by atoms with Crippen LogP contribution in [0.5, 0.6) is 0 Å².